The van der Waals surface area contributed by atoms with Crippen molar-refractivity contribution < 1.29 is 0 Å². The van der Waals surface area contributed by atoms with Gasteiger partial charge in [-0.15, -0.1) is 0 Å². The highest BCUT2D eigenvalue weighted by Crippen LogP contribution is 2.26. The van der Waals surface area contributed by atoms with Crippen molar-refractivity contribution in [1.82, 2.24) is 15.2 Å². The van der Waals surface area contributed by atoms with Gasteiger partial charge < -0.3 is 5.32 Å². The molecule has 21 heavy (non-hydrogen) atoms. The Morgan fingerprint density at radius 2 is 2.00 bits per heavy atom. The molecule has 1 unspecified atom stereocenters. The molecular weight excluding hydrogens is 282 g/mol. The monoisotopic (exact) mass is 303 g/mol. The minimum Gasteiger partial charge on any atom is -0.316 e. The Hall–Kier alpha value is -1.42. The number of pyridine rings is 1. The number of hydrogen-bond acceptors (Lipinski definition) is 3. The molecule has 1 heterocycles. The van der Waals surface area contributed by atoms with Gasteiger partial charge in [0, 0.05) is 30.4 Å². The number of halogens is 1. The first-order valence-electron chi connectivity index (χ1n) is 7.15. The number of nitrogens with zero attached hydrogens (tertiary/aromatic N) is 2. The molecule has 2 rings (SSSR count). The molecule has 0 saturated carbocycles. The number of benzene rings is 1. The van der Waals surface area contributed by atoms with Gasteiger partial charge in [-0.05, 0) is 44.3 Å². The molecule has 1 aromatic heterocycles. The van der Waals surface area contributed by atoms with Crippen LogP contribution < -0.4 is 5.32 Å². The Kier molecular flexibility index (Phi) is 5.74. The largest absolute Gasteiger partial charge is 0.316 e. The molecule has 0 radical (unpaired) electrons. The average Bonchev–Trinajstić information content (AvgIpc) is 2.49. The summed E-state index contributed by atoms with van der Waals surface area (Å²) in [5, 5.41) is 3.94. The Bertz CT molecular complexity index is 569. The highest BCUT2D eigenvalue weighted by molar-refractivity contribution is 6.31. The Morgan fingerprint density at radius 3 is 2.62 bits per heavy atom. The van der Waals surface area contributed by atoms with E-state index >= 15 is 0 Å². The van der Waals surface area contributed by atoms with Crippen LogP contribution in [0, 0.1) is 0 Å². The molecule has 1 aromatic carbocycles. The molecular formula is C17H22ClN3. The van der Waals surface area contributed by atoms with E-state index in [-0.39, 0.29) is 6.04 Å². The lowest BCUT2D eigenvalue weighted by atomic mass is 10.1. The van der Waals surface area contributed by atoms with Crippen LogP contribution in [0.25, 0.3) is 0 Å². The van der Waals surface area contributed by atoms with Crippen molar-refractivity contribution in [1.29, 1.82) is 0 Å². The van der Waals surface area contributed by atoms with E-state index in [1.54, 1.807) is 0 Å². The van der Waals surface area contributed by atoms with E-state index in [9.17, 15) is 0 Å². The molecule has 0 saturated heterocycles. The third kappa shape index (κ3) is 4.27. The predicted molar refractivity (Wildman–Crippen MR) is 88.3 cm³/mol. The van der Waals surface area contributed by atoms with Gasteiger partial charge >= 0.3 is 0 Å². The van der Waals surface area contributed by atoms with Gasteiger partial charge in [-0.1, -0.05) is 35.9 Å². The van der Waals surface area contributed by atoms with E-state index in [0.717, 1.165) is 29.4 Å². The second kappa shape index (κ2) is 7.55. The molecule has 3 nitrogen and oxygen atoms in total. The van der Waals surface area contributed by atoms with Crippen LogP contribution in [0.15, 0.2) is 42.6 Å². The zero-order chi connectivity index (χ0) is 15.2. The van der Waals surface area contributed by atoms with Crippen LogP contribution in [0.4, 0.5) is 0 Å². The van der Waals surface area contributed by atoms with Crippen molar-refractivity contribution in [2.24, 2.45) is 0 Å². The van der Waals surface area contributed by atoms with Gasteiger partial charge in [0.25, 0.3) is 0 Å². The molecule has 0 aliphatic rings. The van der Waals surface area contributed by atoms with Gasteiger partial charge in [0.1, 0.15) is 0 Å². The first kappa shape index (κ1) is 16.0. The quantitative estimate of drug-likeness (QED) is 0.883. The Balaban J connectivity index is 2.03. The van der Waals surface area contributed by atoms with E-state index in [4.69, 9.17) is 11.6 Å². The molecule has 2 aromatic rings. The van der Waals surface area contributed by atoms with Crippen molar-refractivity contribution in [2.45, 2.75) is 26.1 Å². The summed E-state index contributed by atoms with van der Waals surface area (Å²) in [4.78, 5) is 6.77. The van der Waals surface area contributed by atoms with E-state index in [0.29, 0.717) is 0 Å². The van der Waals surface area contributed by atoms with Gasteiger partial charge in [0.2, 0.25) is 0 Å². The second-order valence-electron chi connectivity index (χ2n) is 5.30. The fraction of sp³-hybridized carbons (Fsp3) is 0.353. The smallest absolute Gasteiger partial charge is 0.0544 e. The third-order valence-corrected chi connectivity index (χ3v) is 4.04. The number of aromatic nitrogens is 1. The zero-order valence-electron chi connectivity index (χ0n) is 12.8. The maximum Gasteiger partial charge on any atom is 0.0544 e. The maximum atomic E-state index is 6.27. The summed E-state index contributed by atoms with van der Waals surface area (Å²) in [5.41, 5.74) is 3.41. The minimum absolute atomic E-state index is 0.248. The Morgan fingerprint density at radius 1 is 1.24 bits per heavy atom. The first-order valence-corrected chi connectivity index (χ1v) is 7.52. The molecule has 4 heteroatoms. The molecule has 0 fully saturated rings. The van der Waals surface area contributed by atoms with Crippen molar-refractivity contribution in [3.63, 3.8) is 0 Å². The van der Waals surface area contributed by atoms with Gasteiger partial charge in [0.05, 0.1) is 5.69 Å². The summed E-state index contributed by atoms with van der Waals surface area (Å²) in [6.07, 6.45) is 1.93. The number of nitrogens with one attached hydrogen (secondary N) is 1. The van der Waals surface area contributed by atoms with Gasteiger partial charge in [-0.25, -0.2) is 0 Å². The lowest BCUT2D eigenvalue weighted by Crippen LogP contribution is -2.22. The van der Waals surface area contributed by atoms with Crippen LogP contribution >= 0.6 is 11.6 Å². The normalized spacial score (nSPS) is 12.6. The molecule has 0 aliphatic heterocycles. The van der Waals surface area contributed by atoms with Crippen LogP contribution in [0.5, 0.6) is 0 Å². The van der Waals surface area contributed by atoms with E-state index in [2.05, 4.69) is 47.4 Å². The summed E-state index contributed by atoms with van der Waals surface area (Å²) in [5.74, 6) is 0. The summed E-state index contributed by atoms with van der Waals surface area (Å²) in [6.45, 7) is 3.81. The topological polar surface area (TPSA) is 28.2 Å². The highest BCUT2D eigenvalue weighted by atomic mass is 35.5. The summed E-state index contributed by atoms with van der Waals surface area (Å²) >= 11 is 6.27. The molecule has 0 bridgehead atoms. The van der Waals surface area contributed by atoms with Crippen molar-refractivity contribution in [3.05, 3.63) is 64.4 Å². The van der Waals surface area contributed by atoms with E-state index in [1.165, 1.54) is 5.56 Å². The predicted octanol–water partition coefficient (Wildman–Crippen LogP) is 3.65. The van der Waals surface area contributed by atoms with Gasteiger partial charge in [0.15, 0.2) is 0 Å². The highest BCUT2D eigenvalue weighted by Gasteiger charge is 2.14. The summed E-state index contributed by atoms with van der Waals surface area (Å²) < 4.78 is 0. The second-order valence-corrected chi connectivity index (χ2v) is 5.71. The standard InChI is InChI=1S/C17H22ClN3/c1-13(16-6-4-5-7-17(16)18)21(3)12-15-9-8-14(10-19-2)11-20-15/h4-9,11,13,19H,10,12H2,1-3H3. The first-order chi connectivity index (χ1) is 10.1. The zero-order valence-corrected chi connectivity index (χ0v) is 13.6. The SMILES string of the molecule is CNCc1ccc(CN(C)C(C)c2ccccc2Cl)nc1. The molecule has 0 aliphatic carbocycles. The lowest BCUT2D eigenvalue weighted by Gasteiger charge is -2.25. The van der Waals surface area contributed by atoms with Crippen LogP contribution in [-0.4, -0.2) is 24.0 Å². The molecule has 112 valence electrons. The van der Waals surface area contributed by atoms with E-state index < -0.39 is 0 Å². The van der Waals surface area contributed by atoms with Crippen LogP contribution in [0.3, 0.4) is 0 Å². The average molecular weight is 304 g/mol. The van der Waals surface area contributed by atoms with Crippen molar-refractivity contribution in [3.8, 4) is 0 Å². The molecule has 0 spiro atoms. The fourth-order valence-corrected chi connectivity index (χ4v) is 2.59. The lowest BCUT2D eigenvalue weighted by molar-refractivity contribution is 0.250. The minimum atomic E-state index is 0.248. The van der Waals surface area contributed by atoms with Crippen molar-refractivity contribution >= 4 is 11.6 Å². The summed E-state index contributed by atoms with van der Waals surface area (Å²) in [7, 11) is 4.03. The third-order valence-electron chi connectivity index (χ3n) is 3.69. The number of hydrogen-bond donors (Lipinski definition) is 1. The molecule has 0 amide bonds. The number of rotatable bonds is 6. The Labute approximate surface area is 132 Å². The fourth-order valence-electron chi connectivity index (χ4n) is 2.30. The van der Waals surface area contributed by atoms with Crippen LogP contribution in [-0.2, 0) is 13.1 Å². The van der Waals surface area contributed by atoms with Gasteiger partial charge in [-0.3, -0.25) is 9.88 Å². The van der Waals surface area contributed by atoms with Gasteiger partial charge in [-0.2, -0.15) is 0 Å². The van der Waals surface area contributed by atoms with Crippen LogP contribution in [0.2, 0.25) is 5.02 Å². The maximum absolute atomic E-state index is 6.27. The summed E-state index contributed by atoms with van der Waals surface area (Å²) in [6, 6.07) is 12.4. The molecule has 1 atom stereocenters. The van der Waals surface area contributed by atoms with Crippen LogP contribution in [0.1, 0.15) is 29.8 Å². The van der Waals surface area contributed by atoms with E-state index in [1.807, 2.05) is 31.4 Å². The molecule has 1 N–H and O–H groups in total. The van der Waals surface area contributed by atoms with Crippen molar-refractivity contribution in [2.75, 3.05) is 14.1 Å².